The highest BCUT2D eigenvalue weighted by Crippen LogP contribution is 2.32. The van der Waals surface area contributed by atoms with E-state index in [-0.39, 0.29) is 0 Å². The zero-order valence-electron chi connectivity index (χ0n) is 12.9. The second-order valence-corrected chi connectivity index (χ2v) is 5.27. The molecule has 22 heavy (non-hydrogen) atoms. The van der Waals surface area contributed by atoms with Crippen LogP contribution >= 0.6 is 0 Å². The maximum absolute atomic E-state index is 5.74. The topological polar surface area (TPSA) is 69.4 Å². The van der Waals surface area contributed by atoms with Gasteiger partial charge in [-0.2, -0.15) is 4.98 Å². The Bertz CT molecular complexity index is 694. The van der Waals surface area contributed by atoms with Gasteiger partial charge in [0.15, 0.2) is 5.82 Å². The van der Waals surface area contributed by atoms with Crippen molar-refractivity contribution < 1.29 is 14.0 Å². The quantitative estimate of drug-likeness (QED) is 0.912. The first-order valence-corrected chi connectivity index (χ1v) is 7.21. The van der Waals surface area contributed by atoms with Crippen LogP contribution in [0, 0.1) is 0 Å². The highest BCUT2D eigenvalue weighted by atomic mass is 16.5. The van der Waals surface area contributed by atoms with Crippen molar-refractivity contribution in [2.75, 3.05) is 20.8 Å². The van der Waals surface area contributed by atoms with Crippen molar-refractivity contribution in [1.82, 2.24) is 15.5 Å². The Hall–Kier alpha value is -2.34. The van der Waals surface area contributed by atoms with Gasteiger partial charge in [0.05, 0.1) is 12.7 Å². The molecule has 1 aromatic carbocycles. The molecule has 2 heterocycles. The molecule has 1 atom stereocenters. The van der Waals surface area contributed by atoms with Crippen molar-refractivity contribution in [3.63, 3.8) is 0 Å². The van der Waals surface area contributed by atoms with E-state index < -0.39 is 0 Å². The van der Waals surface area contributed by atoms with Gasteiger partial charge in [0, 0.05) is 18.0 Å². The summed E-state index contributed by atoms with van der Waals surface area (Å²) in [5.74, 6) is 2.81. The molecule has 0 amide bonds. The van der Waals surface area contributed by atoms with Gasteiger partial charge in [0.1, 0.15) is 18.1 Å². The second kappa shape index (κ2) is 6.19. The number of nitrogens with zero attached hydrogens (tertiary/aromatic N) is 2. The molecule has 1 aliphatic heterocycles. The third-order valence-electron chi connectivity index (χ3n) is 3.65. The van der Waals surface area contributed by atoms with Crippen LogP contribution in [0.5, 0.6) is 11.5 Å². The lowest BCUT2D eigenvalue weighted by Gasteiger charge is -2.16. The number of ether oxygens (including phenoxy) is 2. The van der Waals surface area contributed by atoms with Crippen LogP contribution in [0.2, 0.25) is 0 Å². The minimum Gasteiger partial charge on any atom is -0.497 e. The molecule has 2 aromatic rings. The van der Waals surface area contributed by atoms with Gasteiger partial charge in [-0.15, -0.1) is 0 Å². The molecule has 3 rings (SSSR count). The molecule has 0 spiro atoms. The van der Waals surface area contributed by atoms with E-state index in [4.69, 9.17) is 14.0 Å². The van der Waals surface area contributed by atoms with Crippen LogP contribution in [-0.4, -0.2) is 36.9 Å². The number of likely N-dealkylation sites (N-methyl/N-ethyl adjacent to an activating group) is 1. The molecule has 6 nitrogen and oxygen atoms in total. The molecule has 0 bridgehead atoms. The second-order valence-electron chi connectivity index (χ2n) is 5.27. The van der Waals surface area contributed by atoms with Crippen molar-refractivity contribution in [3.05, 3.63) is 35.5 Å². The molecule has 6 heteroatoms. The van der Waals surface area contributed by atoms with Crippen LogP contribution in [0.3, 0.4) is 0 Å². The molecule has 0 fully saturated rings. The summed E-state index contributed by atoms with van der Waals surface area (Å²) < 4.78 is 16.3. The fourth-order valence-corrected chi connectivity index (χ4v) is 2.25. The maximum atomic E-state index is 5.74. The van der Waals surface area contributed by atoms with Crippen molar-refractivity contribution in [1.29, 1.82) is 0 Å². The van der Waals surface area contributed by atoms with Crippen LogP contribution in [0.4, 0.5) is 0 Å². The SMILES string of the molecule is CNC(C)Cc1noc(C2=Cc3cc(OC)ccc3OC2)n1. The van der Waals surface area contributed by atoms with E-state index in [0.29, 0.717) is 24.4 Å². The van der Waals surface area contributed by atoms with Gasteiger partial charge >= 0.3 is 0 Å². The zero-order valence-corrected chi connectivity index (χ0v) is 12.9. The van der Waals surface area contributed by atoms with Gasteiger partial charge in [-0.1, -0.05) is 5.16 Å². The smallest absolute Gasteiger partial charge is 0.257 e. The Kier molecular flexibility index (Phi) is 4.11. The van der Waals surface area contributed by atoms with Crippen LogP contribution in [0.15, 0.2) is 22.7 Å². The summed E-state index contributed by atoms with van der Waals surface area (Å²) in [5, 5.41) is 7.17. The van der Waals surface area contributed by atoms with Gasteiger partial charge in [-0.05, 0) is 38.2 Å². The average molecular weight is 301 g/mol. The molecule has 0 saturated heterocycles. The molecule has 116 valence electrons. The van der Waals surface area contributed by atoms with E-state index in [1.807, 2.05) is 31.3 Å². The number of fused-ring (bicyclic) bond motifs is 1. The Morgan fingerprint density at radius 3 is 3.05 bits per heavy atom. The minimum atomic E-state index is 0.298. The van der Waals surface area contributed by atoms with Crippen LogP contribution in [-0.2, 0) is 6.42 Å². The zero-order chi connectivity index (χ0) is 15.5. The predicted molar refractivity (Wildman–Crippen MR) is 82.9 cm³/mol. The predicted octanol–water partition coefficient (Wildman–Crippen LogP) is 2.16. The molecule has 1 aliphatic rings. The number of benzene rings is 1. The Morgan fingerprint density at radius 1 is 1.41 bits per heavy atom. The largest absolute Gasteiger partial charge is 0.497 e. The van der Waals surface area contributed by atoms with Crippen molar-refractivity contribution >= 4 is 11.6 Å². The van der Waals surface area contributed by atoms with E-state index in [0.717, 1.165) is 29.1 Å². The molecule has 0 aliphatic carbocycles. The van der Waals surface area contributed by atoms with E-state index in [9.17, 15) is 0 Å². The highest BCUT2D eigenvalue weighted by Gasteiger charge is 2.19. The summed E-state index contributed by atoms with van der Waals surface area (Å²) in [4.78, 5) is 4.44. The summed E-state index contributed by atoms with van der Waals surface area (Å²) in [6.45, 7) is 2.49. The lowest BCUT2D eigenvalue weighted by molar-refractivity contribution is 0.349. The lowest BCUT2D eigenvalue weighted by atomic mass is 10.1. The van der Waals surface area contributed by atoms with E-state index in [2.05, 4.69) is 22.4 Å². The summed E-state index contributed by atoms with van der Waals surface area (Å²) in [6, 6.07) is 6.00. The normalized spacial score (nSPS) is 14.8. The molecule has 1 N–H and O–H groups in total. The number of hydrogen-bond donors (Lipinski definition) is 1. The fraction of sp³-hybridized carbons (Fsp3) is 0.375. The molecule has 0 radical (unpaired) electrons. The van der Waals surface area contributed by atoms with Gasteiger partial charge in [-0.25, -0.2) is 0 Å². The van der Waals surface area contributed by atoms with Gasteiger partial charge in [-0.3, -0.25) is 0 Å². The third kappa shape index (κ3) is 2.96. The first-order chi connectivity index (χ1) is 10.7. The third-order valence-corrected chi connectivity index (χ3v) is 3.65. The lowest BCUT2D eigenvalue weighted by Crippen LogP contribution is -2.24. The summed E-state index contributed by atoms with van der Waals surface area (Å²) in [7, 11) is 3.55. The average Bonchev–Trinajstić information content (AvgIpc) is 3.02. The van der Waals surface area contributed by atoms with Crippen LogP contribution in [0.1, 0.15) is 24.2 Å². The molecular weight excluding hydrogens is 282 g/mol. The van der Waals surface area contributed by atoms with Crippen molar-refractivity contribution in [2.45, 2.75) is 19.4 Å². The van der Waals surface area contributed by atoms with E-state index in [1.165, 1.54) is 0 Å². The maximum Gasteiger partial charge on any atom is 0.257 e. The summed E-state index contributed by atoms with van der Waals surface area (Å²) in [6.07, 6.45) is 2.72. The van der Waals surface area contributed by atoms with Crippen molar-refractivity contribution in [2.24, 2.45) is 0 Å². The van der Waals surface area contributed by atoms with Gasteiger partial charge in [0.25, 0.3) is 5.89 Å². The summed E-state index contributed by atoms with van der Waals surface area (Å²) >= 11 is 0. The Morgan fingerprint density at radius 2 is 2.27 bits per heavy atom. The molecule has 0 saturated carbocycles. The van der Waals surface area contributed by atoms with Gasteiger partial charge < -0.3 is 19.3 Å². The minimum absolute atomic E-state index is 0.298. The number of methoxy groups -OCH3 is 1. The number of hydrogen-bond acceptors (Lipinski definition) is 6. The first-order valence-electron chi connectivity index (χ1n) is 7.21. The van der Waals surface area contributed by atoms with E-state index >= 15 is 0 Å². The highest BCUT2D eigenvalue weighted by molar-refractivity contribution is 5.83. The molecule has 1 aromatic heterocycles. The standard InChI is InChI=1S/C16H19N3O3/c1-10(17-2)6-15-18-16(22-19-15)12-7-11-8-13(20-3)4-5-14(11)21-9-12/h4-5,7-8,10,17H,6,9H2,1-3H3. The number of aromatic nitrogens is 2. The number of rotatable bonds is 5. The van der Waals surface area contributed by atoms with Crippen LogP contribution < -0.4 is 14.8 Å². The first kappa shape index (κ1) is 14.6. The fourth-order valence-electron chi connectivity index (χ4n) is 2.25. The van der Waals surface area contributed by atoms with Gasteiger partial charge in [0.2, 0.25) is 0 Å². The monoisotopic (exact) mass is 301 g/mol. The van der Waals surface area contributed by atoms with Crippen molar-refractivity contribution in [3.8, 4) is 11.5 Å². The Balaban J connectivity index is 1.84. The number of nitrogens with one attached hydrogen (secondary N) is 1. The molecule has 1 unspecified atom stereocenters. The van der Waals surface area contributed by atoms with E-state index in [1.54, 1.807) is 7.11 Å². The summed E-state index contributed by atoms with van der Waals surface area (Å²) in [5.41, 5.74) is 1.82. The molecular formula is C16H19N3O3. The van der Waals surface area contributed by atoms with Crippen LogP contribution in [0.25, 0.3) is 11.6 Å². The Labute approximate surface area is 129 Å².